The van der Waals surface area contributed by atoms with Crippen molar-refractivity contribution in [1.82, 2.24) is 10.6 Å². The van der Waals surface area contributed by atoms with Gasteiger partial charge in [0.15, 0.2) is 0 Å². The van der Waals surface area contributed by atoms with Gasteiger partial charge in [0, 0.05) is 38.3 Å². The number of fused-ring (bicyclic) bond motifs is 1. The molecule has 20 heavy (non-hydrogen) atoms. The number of benzene rings is 1. The Morgan fingerprint density at radius 2 is 2.15 bits per heavy atom. The number of carbonyl (C=O) groups excluding carboxylic acids is 2. The zero-order chi connectivity index (χ0) is 14.5. The van der Waals surface area contributed by atoms with Crippen LogP contribution in [0.4, 0.5) is 10.5 Å². The summed E-state index contributed by atoms with van der Waals surface area (Å²) >= 11 is 0. The van der Waals surface area contributed by atoms with E-state index in [9.17, 15) is 9.59 Å². The van der Waals surface area contributed by atoms with Crippen molar-refractivity contribution in [3.05, 3.63) is 29.8 Å². The van der Waals surface area contributed by atoms with Crippen molar-refractivity contribution in [3.63, 3.8) is 0 Å². The Morgan fingerprint density at radius 1 is 1.40 bits per heavy atom. The van der Waals surface area contributed by atoms with Crippen LogP contribution in [0, 0.1) is 0 Å². The van der Waals surface area contributed by atoms with Crippen LogP contribution in [0.15, 0.2) is 24.3 Å². The van der Waals surface area contributed by atoms with E-state index in [0.29, 0.717) is 6.54 Å². The van der Waals surface area contributed by atoms with Crippen LogP contribution in [-0.2, 0) is 11.2 Å². The molecular formula is C14H20N4O2. The Bertz CT molecular complexity index is 504. The number of nitrogens with zero attached hydrogens (tertiary/aromatic N) is 1. The van der Waals surface area contributed by atoms with Crippen LogP contribution in [0.2, 0.25) is 0 Å². The Labute approximate surface area is 118 Å². The van der Waals surface area contributed by atoms with Gasteiger partial charge < -0.3 is 16.0 Å². The molecule has 1 heterocycles. The van der Waals surface area contributed by atoms with Crippen LogP contribution in [-0.4, -0.2) is 38.1 Å². The first-order valence-corrected chi connectivity index (χ1v) is 6.70. The van der Waals surface area contributed by atoms with Crippen LogP contribution in [0.3, 0.4) is 0 Å². The molecule has 0 aliphatic carbocycles. The molecule has 3 amide bonds. The quantitative estimate of drug-likeness (QED) is 0.737. The van der Waals surface area contributed by atoms with Crippen LogP contribution in [0.1, 0.15) is 12.0 Å². The highest BCUT2D eigenvalue weighted by molar-refractivity contribution is 5.94. The zero-order valence-corrected chi connectivity index (χ0v) is 11.6. The fourth-order valence-electron chi connectivity index (χ4n) is 2.42. The molecule has 108 valence electrons. The topological polar surface area (TPSA) is 87.5 Å². The van der Waals surface area contributed by atoms with Gasteiger partial charge in [-0.05, 0) is 18.1 Å². The number of hydrogen-bond donors (Lipinski definition) is 3. The molecule has 2 rings (SSSR count). The molecule has 6 heteroatoms. The summed E-state index contributed by atoms with van der Waals surface area (Å²) < 4.78 is 0. The molecular weight excluding hydrogens is 256 g/mol. The van der Waals surface area contributed by atoms with E-state index in [1.807, 2.05) is 18.2 Å². The Morgan fingerprint density at radius 3 is 2.90 bits per heavy atom. The lowest BCUT2D eigenvalue weighted by atomic mass is 9.98. The fraction of sp³-hybridized carbons (Fsp3) is 0.429. The minimum atomic E-state index is -0.481. The van der Waals surface area contributed by atoms with E-state index in [2.05, 4.69) is 21.6 Å². The minimum absolute atomic E-state index is 0.0758. The highest BCUT2D eigenvalue weighted by atomic mass is 16.2. The summed E-state index contributed by atoms with van der Waals surface area (Å²) in [6, 6.07) is 7.67. The highest BCUT2D eigenvalue weighted by Crippen LogP contribution is 2.26. The standard InChI is InChI=1S/C14H20N4O2/c1-16-14(20)17-13(19)6-7-18-9-11(15)8-10-4-2-3-5-12(10)18/h2-5,11H,6-9,15H2,1H3,(H2,16,17,19,20). The second-order valence-corrected chi connectivity index (χ2v) is 4.92. The first-order chi connectivity index (χ1) is 9.60. The van der Waals surface area contributed by atoms with Gasteiger partial charge in [0.2, 0.25) is 5.91 Å². The van der Waals surface area contributed by atoms with Crippen LogP contribution in [0.5, 0.6) is 0 Å². The van der Waals surface area contributed by atoms with Gasteiger partial charge in [-0.3, -0.25) is 10.1 Å². The van der Waals surface area contributed by atoms with E-state index < -0.39 is 6.03 Å². The highest BCUT2D eigenvalue weighted by Gasteiger charge is 2.22. The maximum Gasteiger partial charge on any atom is 0.321 e. The summed E-state index contributed by atoms with van der Waals surface area (Å²) in [6.45, 7) is 1.28. The lowest BCUT2D eigenvalue weighted by molar-refractivity contribution is -0.119. The number of anilines is 1. The third-order valence-electron chi connectivity index (χ3n) is 3.36. The van der Waals surface area contributed by atoms with E-state index in [-0.39, 0.29) is 18.4 Å². The van der Waals surface area contributed by atoms with Gasteiger partial charge in [0.05, 0.1) is 0 Å². The number of para-hydroxylation sites is 1. The van der Waals surface area contributed by atoms with Crippen molar-refractivity contribution in [1.29, 1.82) is 0 Å². The molecule has 0 aromatic heterocycles. The first kappa shape index (κ1) is 14.3. The van der Waals surface area contributed by atoms with Crippen LogP contribution >= 0.6 is 0 Å². The Balaban J connectivity index is 1.96. The van der Waals surface area contributed by atoms with Gasteiger partial charge in [0.1, 0.15) is 0 Å². The first-order valence-electron chi connectivity index (χ1n) is 6.70. The number of nitrogens with one attached hydrogen (secondary N) is 2. The summed E-state index contributed by atoms with van der Waals surface area (Å²) in [5, 5.41) is 4.61. The summed E-state index contributed by atoms with van der Waals surface area (Å²) in [5.74, 6) is -0.291. The minimum Gasteiger partial charge on any atom is -0.369 e. The van der Waals surface area contributed by atoms with Gasteiger partial charge in [-0.2, -0.15) is 0 Å². The summed E-state index contributed by atoms with van der Waals surface area (Å²) in [6.07, 6.45) is 1.12. The van der Waals surface area contributed by atoms with Gasteiger partial charge in [-0.25, -0.2) is 4.79 Å². The molecule has 1 aliphatic rings. The lowest BCUT2D eigenvalue weighted by Crippen LogP contribution is -2.45. The van der Waals surface area contributed by atoms with Gasteiger partial charge >= 0.3 is 6.03 Å². The number of hydrogen-bond acceptors (Lipinski definition) is 4. The maximum atomic E-state index is 11.6. The van der Waals surface area contributed by atoms with Gasteiger partial charge in [-0.1, -0.05) is 18.2 Å². The third kappa shape index (κ3) is 3.48. The van der Waals surface area contributed by atoms with Crippen LogP contribution < -0.4 is 21.3 Å². The monoisotopic (exact) mass is 276 g/mol. The molecule has 0 radical (unpaired) electrons. The zero-order valence-electron chi connectivity index (χ0n) is 11.6. The molecule has 1 aromatic rings. The molecule has 0 fully saturated rings. The van der Waals surface area contributed by atoms with E-state index >= 15 is 0 Å². The second kappa shape index (κ2) is 6.38. The molecule has 4 N–H and O–H groups in total. The number of imide groups is 1. The summed E-state index contributed by atoms with van der Waals surface area (Å²) in [7, 11) is 1.47. The van der Waals surface area contributed by atoms with Gasteiger partial charge in [-0.15, -0.1) is 0 Å². The largest absolute Gasteiger partial charge is 0.369 e. The predicted molar refractivity (Wildman–Crippen MR) is 77.5 cm³/mol. The summed E-state index contributed by atoms with van der Waals surface area (Å²) in [5.41, 5.74) is 8.38. The van der Waals surface area contributed by atoms with Crippen molar-refractivity contribution >= 4 is 17.6 Å². The lowest BCUT2D eigenvalue weighted by Gasteiger charge is -2.34. The van der Waals surface area contributed by atoms with Crippen molar-refractivity contribution in [3.8, 4) is 0 Å². The number of urea groups is 1. The number of rotatable bonds is 3. The molecule has 0 saturated heterocycles. The molecule has 0 saturated carbocycles. The molecule has 0 spiro atoms. The fourth-order valence-corrected chi connectivity index (χ4v) is 2.42. The Hall–Kier alpha value is -2.08. The Kier molecular flexibility index (Phi) is 4.57. The normalized spacial score (nSPS) is 17.3. The predicted octanol–water partition coefficient (Wildman–Crippen LogP) is 0.222. The van der Waals surface area contributed by atoms with E-state index in [1.54, 1.807) is 0 Å². The molecule has 1 atom stereocenters. The van der Waals surface area contributed by atoms with Gasteiger partial charge in [0.25, 0.3) is 0 Å². The number of carbonyl (C=O) groups is 2. The van der Waals surface area contributed by atoms with E-state index in [0.717, 1.165) is 18.7 Å². The smallest absolute Gasteiger partial charge is 0.321 e. The third-order valence-corrected chi connectivity index (χ3v) is 3.36. The van der Waals surface area contributed by atoms with Crippen molar-refractivity contribution < 1.29 is 9.59 Å². The summed E-state index contributed by atoms with van der Waals surface area (Å²) in [4.78, 5) is 24.8. The maximum absolute atomic E-state index is 11.6. The number of nitrogens with two attached hydrogens (primary N) is 1. The van der Waals surface area contributed by atoms with Crippen molar-refractivity contribution in [2.45, 2.75) is 18.9 Å². The average Bonchev–Trinajstić information content (AvgIpc) is 2.44. The van der Waals surface area contributed by atoms with E-state index in [1.165, 1.54) is 12.6 Å². The molecule has 1 aromatic carbocycles. The number of amides is 3. The molecule has 0 bridgehead atoms. The average molecular weight is 276 g/mol. The SMILES string of the molecule is CNC(=O)NC(=O)CCN1CC(N)Cc2ccccc21. The molecule has 6 nitrogen and oxygen atoms in total. The van der Waals surface area contributed by atoms with E-state index in [4.69, 9.17) is 5.73 Å². The van der Waals surface area contributed by atoms with Crippen molar-refractivity contribution in [2.75, 3.05) is 25.0 Å². The molecule has 1 unspecified atom stereocenters. The molecule has 1 aliphatic heterocycles. The second-order valence-electron chi connectivity index (χ2n) is 4.92. The van der Waals surface area contributed by atoms with Crippen molar-refractivity contribution in [2.24, 2.45) is 5.73 Å². The van der Waals surface area contributed by atoms with Crippen LogP contribution in [0.25, 0.3) is 0 Å².